The van der Waals surface area contributed by atoms with Gasteiger partial charge in [-0.05, 0) is 37.4 Å². The highest BCUT2D eigenvalue weighted by atomic mass is 19.2. The van der Waals surface area contributed by atoms with E-state index in [4.69, 9.17) is 5.11 Å². The van der Waals surface area contributed by atoms with Gasteiger partial charge in [0.2, 0.25) is 5.82 Å². The van der Waals surface area contributed by atoms with Crippen LogP contribution < -0.4 is 5.32 Å². The van der Waals surface area contributed by atoms with Crippen LogP contribution in [0.5, 0.6) is 5.75 Å². The third kappa shape index (κ3) is 2.09. The van der Waals surface area contributed by atoms with E-state index in [0.717, 1.165) is 19.4 Å². The van der Waals surface area contributed by atoms with Crippen LogP contribution in [0, 0.1) is 11.6 Å². The number of hydrogen-bond donors (Lipinski definition) is 2. The average molecular weight is 213 g/mol. The second-order valence-corrected chi connectivity index (χ2v) is 3.87. The van der Waals surface area contributed by atoms with Gasteiger partial charge in [0.15, 0.2) is 11.6 Å². The highest BCUT2D eigenvalue weighted by Crippen LogP contribution is 2.23. The number of hydrogen-bond acceptors (Lipinski definition) is 2. The van der Waals surface area contributed by atoms with Crippen molar-refractivity contribution in [3.8, 4) is 5.75 Å². The van der Waals surface area contributed by atoms with Crippen LogP contribution in [0.1, 0.15) is 18.4 Å². The van der Waals surface area contributed by atoms with Gasteiger partial charge >= 0.3 is 0 Å². The van der Waals surface area contributed by atoms with Crippen LogP contribution in [-0.2, 0) is 6.42 Å². The van der Waals surface area contributed by atoms with E-state index in [1.807, 2.05) is 0 Å². The molecule has 15 heavy (non-hydrogen) atoms. The summed E-state index contributed by atoms with van der Waals surface area (Å²) in [4.78, 5) is 0. The predicted octanol–water partition coefficient (Wildman–Crippen LogP) is 1.96. The molecule has 1 atom stereocenters. The summed E-state index contributed by atoms with van der Waals surface area (Å²) in [7, 11) is 0. The largest absolute Gasteiger partial charge is 0.505 e. The minimum Gasteiger partial charge on any atom is -0.505 e. The molecule has 1 unspecified atom stereocenters. The quantitative estimate of drug-likeness (QED) is 0.787. The minimum atomic E-state index is -1.15. The first kappa shape index (κ1) is 10.4. The molecule has 1 heterocycles. The van der Waals surface area contributed by atoms with Gasteiger partial charge < -0.3 is 10.4 Å². The Hall–Kier alpha value is -1.16. The predicted molar refractivity (Wildman–Crippen MR) is 52.8 cm³/mol. The Morgan fingerprint density at radius 3 is 2.80 bits per heavy atom. The molecular formula is C11H13F2NO. The van der Waals surface area contributed by atoms with Crippen LogP contribution in [0.4, 0.5) is 8.78 Å². The maximum atomic E-state index is 13.4. The van der Waals surface area contributed by atoms with E-state index in [1.165, 1.54) is 12.1 Å². The van der Waals surface area contributed by atoms with Gasteiger partial charge in [0.25, 0.3) is 0 Å². The summed E-state index contributed by atoms with van der Waals surface area (Å²) >= 11 is 0. The Bertz CT molecular complexity index is 362. The molecule has 0 spiro atoms. The standard InChI is InChI=1S/C11H13F2NO/c12-10-7(3-4-9(15)11(10)13)6-8-2-1-5-14-8/h3-4,8,14-15H,1-2,5-6H2. The summed E-state index contributed by atoms with van der Waals surface area (Å²) in [5.41, 5.74) is 0.324. The molecule has 0 bridgehead atoms. The lowest BCUT2D eigenvalue weighted by molar-refractivity contribution is 0.402. The lowest BCUT2D eigenvalue weighted by Gasteiger charge is -2.11. The van der Waals surface area contributed by atoms with Crippen molar-refractivity contribution in [2.24, 2.45) is 0 Å². The molecule has 1 saturated heterocycles. The molecule has 2 rings (SSSR count). The lowest BCUT2D eigenvalue weighted by atomic mass is 10.0. The fourth-order valence-corrected chi connectivity index (χ4v) is 1.93. The Morgan fingerprint density at radius 1 is 1.33 bits per heavy atom. The first-order valence-electron chi connectivity index (χ1n) is 5.07. The van der Waals surface area contributed by atoms with Crippen molar-refractivity contribution in [1.29, 1.82) is 0 Å². The SMILES string of the molecule is Oc1ccc(CC2CCCN2)c(F)c1F. The Morgan fingerprint density at radius 2 is 2.13 bits per heavy atom. The van der Waals surface area contributed by atoms with Crippen LogP contribution >= 0.6 is 0 Å². The third-order valence-electron chi connectivity index (χ3n) is 2.77. The molecule has 0 aromatic heterocycles. The lowest BCUT2D eigenvalue weighted by Crippen LogP contribution is -2.24. The summed E-state index contributed by atoms with van der Waals surface area (Å²) in [5, 5.41) is 12.2. The first-order valence-corrected chi connectivity index (χ1v) is 5.07. The van der Waals surface area contributed by atoms with Crippen molar-refractivity contribution in [1.82, 2.24) is 5.32 Å². The van der Waals surface area contributed by atoms with E-state index >= 15 is 0 Å². The Labute approximate surface area is 86.9 Å². The number of benzene rings is 1. The maximum Gasteiger partial charge on any atom is 0.200 e. The number of phenolic OH excluding ortho intramolecular Hbond substituents is 1. The van der Waals surface area contributed by atoms with E-state index in [1.54, 1.807) is 0 Å². The van der Waals surface area contributed by atoms with Gasteiger partial charge in [0.1, 0.15) is 0 Å². The first-order chi connectivity index (χ1) is 7.18. The number of aromatic hydroxyl groups is 1. The van der Waals surface area contributed by atoms with Crippen LogP contribution in [-0.4, -0.2) is 17.7 Å². The van der Waals surface area contributed by atoms with Crippen LogP contribution in [0.15, 0.2) is 12.1 Å². The van der Waals surface area contributed by atoms with E-state index in [-0.39, 0.29) is 6.04 Å². The van der Waals surface area contributed by atoms with Crippen molar-refractivity contribution >= 4 is 0 Å². The van der Waals surface area contributed by atoms with Gasteiger partial charge in [-0.1, -0.05) is 6.07 Å². The van der Waals surface area contributed by atoms with Gasteiger partial charge in [0.05, 0.1) is 0 Å². The number of phenols is 1. The molecule has 2 N–H and O–H groups in total. The molecule has 1 aliphatic rings. The van der Waals surface area contributed by atoms with Gasteiger partial charge in [-0.2, -0.15) is 4.39 Å². The van der Waals surface area contributed by atoms with Gasteiger partial charge in [-0.25, -0.2) is 4.39 Å². The van der Waals surface area contributed by atoms with Crippen molar-refractivity contribution in [3.05, 3.63) is 29.3 Å². The zero-order chi connectivity index (χ0) is 10.8. The molecule has 2 nitrogen and oxygen atoms in total. The van der Waals surface area contributed by atoms with Crippen molar-refractivity contribution in [3.63, 3.8) is 0 Å². The highest BCUT2D eigenvalue weighted by molar-refractivity contribution is 5.30. The summed E-state index contributed by atoms with van der Waals surface area (Å²) in [6.07, 6.45) is 2.54. The zero-order valence-electron chi connectivity index (χ0n) is 8.26. The molecule has 0 aliphatic carbocycles. The fraction of sp³-hybridized carbons (Fsp3) is 0.455. The van der Waals surface area contributed by atoms with Gasteiger partial charge in [0, 0.05) is 6.04 Å². The minimum absolute atomic E-state index is 0.225. The summed E-state index contributed by atoms with van der Waals surface area (Å²) in [6.45, 7) is 0.937. The number of rotatable bonds is 2. The van der Waals surface area contributed by atoms with Crippen molar-refractivity contribution in [2.45, 2.75) is 25.3 Å². The second-order valence-electron chi connectivity index (χ2n) is 3.87. The van der Waals surface area contributed by atoms with Crippen LogP contribution in [0.25, 0.3) is 0 Å². The van der Waals surface area contributed by atoms with Crippen molar-refractivity contribution < 1.29 is 13.9 Å². The topological polar surface area (TPSA) is 32.3 Å². The molecule has 0 saturated carbocycles. The molecule has 4 heteroatoms. The highest BCUT2D eigenvalue weighted by Gasteiger charge is 2.19. The molecule has 1 aliphatic heterocycles. The number of nitrogens with one attached hydrogen (secondary N) is 1. The molecule has 1 aromatic rings. The molecule has 0 radical (unpaired) electrons. The molecule has 82 valence electrons. The van der Waals surface area contributed by atoms with E-state index in [9.17, 15) is 8.78 Å². The van der Waals surface area contributed by atoms with Crippen LogP contribution in [0.3, 0.4) is 0 Å². The third-order valence-corrected chi connectivity index (χ3v) is 2.77. The summed E-state index contributed by atoms with van der Waals surface area (Å²) < 4.78 is 26.4. The van der Waals surface area contributed by atoms with Gasteiger partial charge in [-0.3, -0.25) is 0 Å². The summed E-state index contributed by atoms with van der Waals surface area (Å²) in [6, 6.07) is 2.86. The Balaban J connectivity index is 2.17. The molecule has 1 fully saturated rings. The smallest absolute Gasteiger partial charge is 0.200 e. The number of halogens is 2. The molecule has 1 aromatic carbocycles. The van der Waals surface area contributed by atoms with Crippen LogP contribution in [0.2, 0.25) is 0 Å². The fourth-order valence-electron chi connectivity index (χ4n) is 1.93. The van der Waals surface area contributed by atoms with Gasteiger partial charge in [-0.15, -0.1) is 0 Å². The molecule has 0 amide bonds. The zero-order valence-corrected chi connectivity index (χ0v) is 8.26. The average Bonchev–Trinajstić information content (AvgIpc) is 2.72. The summed E-state index contributed by atoms with van der Waals surface area (Å²) in [5.74, 6) is -2.70. The second kappa shape index (κ2) is 4.14. The normalized spacial score (nSPS) is 20.8. The Kier molecular flexibility index (Phi) is 2.86. The van der Waals surface area contributed by atoms with Crippen molar-refractivity contribution in [2.75, 3.05) is 6.54 Å². The maximum absolute atomic E-state index is 13.4. The van der Waals surface area contributed by atoms with E-state index in [0.29, 0.717) is 12.0 Å². The van der Waals surface area contributed by atoms with E-state index < -0.39 is 17.4 Å². The van der Waals surface area contributed by atoms with E-state index in [2.05, 4.69) is 5.32 Å². The molecular weight excluding hydrogens is 200 g/mol. The monoisotopic (exact) mass is 213 g/mol.